The van der Waals surface area contributed by atoms with Gasteiger partial charge in [0.1, 0.15) is 0 Å². The molecule has 2 saturated heterocycles. The second kappa shape index (κ2) is 9.11. The van der Waals surface area contributed by atoms with Crippen molar-refractivity contribution < 1.29 is 4.79 Å². The minimum atomic E-state index is 0.0451. The Hall–Kier alpha value is -2.53. The highest BCUT2D eigenvalue weighted by atomic mass is 16.2. The van der Waals surface area contributed by atoms with E-state index in [0.29, 0.717) is 6.54 Å². The van der Waals surface area contributed by atoms with E-state index >= 15 is 0 Å². The lowest BCUT2D eigenvalue weighted by Gasteiger charge is -2.36. The van der Waals surface area contributed by atoms with E-state index in [1.165, 1.54) is 42.7 Å². The summed E-state index contributed by atoms with van der Waals surface area (Å²) in [5.41, 5.74) is 3.79. The third-order valence-corrected chi connectivity index (χ3v) is 5.83. The first kappa shape index (κ1) is 18.8. The van der Waals surface area contributed by atoms with Crippen molar-refractivity contribution in [3.8, 4) is 0 Å². The number of nitrogens with zero attached hydrogens (tertiary/aromatic N) is 3. The van der Waals surface area contributed by atoms with Crippen LogP contribution in [0.25, 0.3) is 0 Å². The van der Waals surface area contributed by atoms with E-state index in [-0.39, 0.29) is 6.03 Å². The topological polar surface area (TPSA) is 38.8 Å². The molecule has 5 nitrogen and oxygen atoms in total. The maximum Gasteiger partial charge on any atom is 0.317 e. The molecule has 2 aliphatic heterocycles. The number of nitrogens with one attached hydrogen (secondary N) is 1. The van der Waals surface area contributed by atoms with E-state index in [9.17, 15) is 4.79 Å². The van der Waals surface area contributed by atoms with Crippen molar-refractivity contribution >= 4 is 11.7 Å². The van der Waals surface area contributed by atoms with Crippen LogP contribution in [0.15, 0.2) is 54.6 Å². The van der Waals surface area contributed by atoms with Gasteiger partial charge in [-0.1, -0.05) is 42.5 Å². The monoisotopic (exact) mass is 378 g/mol. The summed E-state index contributed by atoms with van der Waals surface area (Å²) in [7, 11) is 0. The fourth-order valence-electron chi connectivity index (χ4n) is 4.16. The minimum Gasteiger partial charge on any atom is -0.368 e. The Bertz CT molecular complexity index is 765. The minimum absolute atomic E-state index is 0.0451. The van der Waals surface area contributed by atoms with Gasteiger partial charge in [-0.05, 0) is 49.2 Å². The lowest BCUT2D eigenvalue weighted by molar-refractivity contribution is 0.194. The molecule has 0 bridgehead atoms. The Morgan fingerprint density at radius 2 is 1.43 bits per heavy atom. The Kier molecular flexibility index (Phi) is 6.12. The normalized spacial score (nSPS) is 17.7. The molecule has 0 radical (unpaired) electrons. The maximum atomic E-state index is 12.7. The van der Waals surface area contributed by atoms with E-state index in [4.69, 9.17) is 0 Å². The summed E-state index contributed by atoms with van der Waals surface area (Å²) in [6.07, 6.45) is 2.60. The van der Waals surface area contributed by atoms with Crippen LogP contribution in [0.4, 0.5) is 10.5 Å². The molecular weight excluding hydrogens is 348 g/mol. The van der Waals surface area contributed by atoms with Crippen LogP contribution in [0.1, 0.15) is 24.0 Å². The number of carbonyl (C=O) groups excluding carboxylic acids is 1. The number of carbonyl (C=O) groups is 1. The molecule has 2 aliphatic rings. The smallest absolute Gasteiger partial charge is 0.317 e. The highest BCUT2D eigenvalue weighted by Gasteiger charge is 2.21. The van der Waals surface area contributed by atoms with Gasteiger partial charge in [-0.25, -0.2) is 4.79 Å². The summed E-state index contributed by atoms with van der Waals surface area (Å²) in [5.74, 6) is 0. The number of likely N-dealkylation sites (tertiary alicyclic amines) is 1. The molecule has 0 aromatic heterocycles. The summed E-state index contributed by atoms with van der Waals surface area (Å²) in [6, 6.07) is 19.0. The van der Waals surface area contributed by atoms with Crippen LogP contribution < -0.4 is 10.2 Å². The summed E-state index contributed by atoms with van der Waals surface area (Å²) in [4.78, 5) is 19.4. The van der Waals surface area contributed by atoms with Gasteiger partial charge in [-0.2, -0.15) is 0 Å². The number of piperazine rings is 1. The number of benzene rings is 2. The summed E-state index contributed by atoms with van der Waals surface area (Å²) in [6.45, 7) is 7.24. The molecule has 0 saturated carbocycles. The maximum absolute atomic E-state index is 12.7. The molecule has 0 aliphatic carbocycles. The van der Waals surface area contributed by atoms with Gasteiger partial charge < -0.3 is 15.1 Å². The molecule has 2 fully saturated rings. The van der Waals surface area contributed by atoms with E-state index in [1.807, 2.05) is 11.0 Å². The van der Waals surface area contributed by atoms with Crippen molar-refractivity contribution in [1.29, 1.82) is 0 Å². The highest BCUT2D eigenvalue weighted by molar-refractivity contribution is 5.74. The van der Waals surface area contributed by atoms with Crippen LogP contribution in [0, 0.1) is 0 Å². The zero-order valence-corrected chi connectivity index (χ0v) is 16.5. The number of urea groups is 1. The lowest BCUT2D eigenvalue weighted by Crippen LogP contribution is -2.51. The molecule has 2 aromatic rings. The molecule has 5 heteroatoms. The van der Waals surface area contributed by atoms with Gasteiger partial charge in [0.25, 0.3) is 0 Å². The van der Waals surface area contributed by atoms with Gasteiger partial charge in [0.15, 0.2) is 0 Å². The summed E-state index contributed by atoms with van der Waals surface area (Å²) in [5, 5.41) is 3.14. The van der Waals surface area contributed by atoms with Crippen molar-refractivity contribution in [3.05, 3.63) is 65.7 Å². The van der Waals surface area contributed by atoms with Crippen molar-refractivity contribution in [2.45, 2.75) is 25.9 Å². The van der Waals surface area contributed by atoms with Crippen LogP contribution in [0.3, 0.4) is 0 Å². The van der Waals surface area contributed by atoms with Crippen LogP contribution in [0.5, 0.6) is 0 Å². The zero-order chi connectivity index (χ0) is 19.2. The summed E-state index contributed by atoms with van der Waals surface area (Å²) >= 11 is 0. The first-order chi connectivity index (χ1) is 13.8. The third kappa shape index (κ3) is 4.65. The number of amides is 2. The van der Waals surface area contributed by atoms with Gasteiger partial charge in [-0.15, -0.1) is 0 Å². The van der Waals surface area contributed by atoms with E-state index in [1.54, 1.807) is 0 Å². The predicted octanol–water partition coefficient (Wildman–Crippen LogP) is 3.31. The van der Waals surface area contributed by atoms with Gasteiger partial charge in [0, 0.05) is 45.0 Å². The van der Waals surface area contributed by atoms with Crippen molar-refractivity contribution in [2.75, 3.05) is 44.2 Å². The van der Waals surface area contributed by atoms with Crippen molar-refractivity contribution in [2.24, 2.45) is 0 Å². The Labute approximate surface area is 167 Å². The van der Waals surface area contributed by atoms with E-state index in [2.05, 4.69) is 63.6 Å². The molecule has 0 unspecified atom stereocenters. The fraction of sp³-hybridized carbons (Fsp3) is 0.435. The molecular formula is C23H30N4O. The van der Waals surface area contributed by atoms with Gasteiger partial charge in [0.05, 0.1) is 0 Å². The molecule has 2 heterocycles. The fourth-order valence-corrected chi connectivity index (χ4v) is 4.16. The quantitative estimate of drug-likeness (QED) is 0.868. The van der Waals surface area contributed by atoms with E-state index in [0.717, 1.165) is 32.7 Å². The Balaban J connectivity index is 1.28. The standard InChI is InChI=1S/C23H30N4O/c28-23(27-16-14-26(15-17-27)22-10-2-1-3-11-22)24-18-20-8-4-5-9-21(20)19-25-12-6-7-13-25/h1-5,8-11H,6-7,12-19H2,(H,24,28). The van der Waals surface area contributed by atoms with Crippen molar-refractivity contribution in [3.63, 3.8) is 0 Å². The molecule has 4 rings (SSSR count). The first-order valence-electron chi connectivity index (χ1n) is 10.4. The molecule has 0 atom stereocenters. The lowest BCUT2D eigenvalue weighted by atomic mass is 10.1. The first-order valence-corrected chi connectivity index (χ1v) is 10.4. The summed E-state index contributed by atoms with van der Waals surface area (Å²) < 4.78 is 0. The SMILES string of the molecule is O=C(NCc1ccccc1CN1CCCC1)N1CCN(c2ccccc2)CC1. The zero-order valence-electron chi connectivity index (χ0n) is 16.5. The number of hydrogen-bond acceptors (Lipinski definition) is 3. The second-order valence-corrected chi connectivity index (χ2v) is 7.72. The number of hydrogen-bond donors (Lipinski definition) is 1. The molecule has 1 N–H and O–H groups in total. The van der Waals surface area contributed by atoms with Crippen molar-refractivity contribution in [1.82, 2.24) is 15.1 Å². The van der Waals surface area contributed by atoms with Crippen LogP contribution in [-0.4, -0.2) is 55.1 Å². The van der Waals surface area contributed by atoms with Gasteiger partial charge >= 0.3 is 6.03 Å². The molecule has 148 valence electrons. The van der Waals surface area contributed by atoms with Crippen LogP contribution in [-0.2, 0) is 13.1 Å². The van der Waals surface area contributed by atoms with Gasteiger partial charge in [0.2, 0.25) is 0 Å². The van der Waals surface area contributed by atoms with Crippen LogP contribution >= 0.6 is 0 Å². The Morgan fingerprint density at radius 1 is 0.786 bits per heavy atom. The average Bonchev–Trinajstić information content (AvgIpc) is 3.27. The molecule has 0 spiro atoms. The van der Waals surface area contributed by atoms with E-state index < -0.39 is 0 Å². The highest BCUT2D eigenvalue weighted by Crippen LogP contribution is 2.17. The van der Waals surface area contributed by atoms with Crippen LogP contribution in [0.2, 0.25) is 0 Å². The largest absolute Gasteiger partial charge is 0.368 e. The predicted molar refractivity (Wildman–Crippen MR) is 113 cm³/mol. The average molecular weight is 379 g/mol. The third-order valence-electron chi connectivity index (χ3n) is 5.83. The Morgan fingerprint density at radius 3 is 2.14 bits per heavy atom. The van der Waals surface area contributed by atoms with Gasteiger partial charge in [-0.3, -0.25) is 4.90 Å². The molecule has 2 aromatic carbocycles. The molecule has 2 amide bonds. The molecule has 28 heavy (non-hydrogen) atoms. The number of rotatable bonds is 5. The number of para-hydroxylation sites is 1. The number of anilines is 1. The second-order valence-electron chi connectivity index (χ2n) is 7.72.